The van der Waals surface area contributed by atoms with Gasteiger partial charge in [0.2, 0.25) is 5.78 Å². The first-order chi connectivity index (χ1) is 16.3. The summed E-state index contributed by atoms with van der Waals surface area (Å²) in [5, 5.41) is 11.7. The Labute approximate surface area is 197 Å². The van der Waals surface area contributed by atoms with Crippen molar-refractivity contribution >= 4 is 39.1 Å². The number of aliphatic hydroxyl groups excluding tert-OH is 1. The van der Waals surface area contributed by atoms with E-state index >= 15 is 0 Å². The number of thiazole rings is 1. The number of Topliss-reactive ketones (excluding diaryl/α,β-unsaturated/α-hetero) is 1. The normalized spacial score (nSPS) is 16.1. The minimum atomic E-state index is -1.22. The van der Waals surface area contributed by atoms with Crippen LogP contribution in [0.5, 0.6) is 5.75 Å². The largest absolute Gasteiger partial charge is 0.503 e. The zero-order valence-corrected chi connectivity index (χ0v) is 19.3. The number of rotatable bonds is 5. The first kappa shape index (κ1) is 21.8. The number of hydrogen-bond acceptors (Lipinski definition) is 7. The predicted octanol–water partition coefficient (Wildman–Crippen LogP) is 5.44. The van der Waals surface area contributed by atoms with Gasteiger partial charge in [-0.1, -0.05) is 30.3 Å². The number of para-hydroxylation sites is 1. The lowest BCUT2D eigenvalue weighted by atomic mass is 9.95. The molecule has 2 aromatic carbocycles. The quantitative estimate of drug-likeness (QED) is 0.384. The maximum absolute atomic E-state index is 15.0. The summed E-state index contributed by atoms with van der Waals surface area (Å²) in [6, 6.07) is 11.3. The van der Waals surface area contributed by atoms with Crippen molar-refractivity contribution in [2.75, 3.05) is 12.0 Å². The Hall–Kier alpha value is -3.98. The van der Waals surface area contributed by atoms with Crippen molar-refractivity contribution < 1.29 is 28.2 Å². The van der Waals surface area contributed by atoms with Crippen LogP contribution in [-0.4, -0.2) is 28.9 Å². The van der Waals surface area contributed by atoms with E-state index in [0.29, 0.717) is 22.4 Å². The number of carbonyl (C=O) groups is 2. The topological polar surface area (TPSA) is 92.9 Å². The highest BCUT2D eigenvalue weighted by Gasteiger charge is 2.47. The molecule has 0 radical (unpaired) electrons. The van der Waals surface area contributed by atoms with E-state index in [2.05, 4.69) is 4.98 Å². The number of methoxy groups -OCH3 is 1. The van der Waals surface area contributed by atoms with E-state index < -0.39 is 29.3 Å². The van der Waals surface area contributed by atoms with Crippen LogP contribution in [0.2, 0.25) is 0 Å². The average Bonchev–Trinajstić information content (AvgIpc) is 3.48. The summed E-state index contributed by atoms with van der Waals surface area (Å²) in [5.74, 6) is -2.64. The number of furan rings is 1. The number of aryl methyl sites for hydroxylation is 2. The maximum Gasteiger partial charge on any atom is 0.296 e. The third-order valence-electron chi connectivity index (χ3n) is 5.83. The maximum atomic E-state index is 15.0. The highest BCUT2D eigenvalue weighted by Crippen LogP contribution is 2.44. The van der Waals surface area contributed by atoms with Gasteiger partial charge in [-0.2, -0.15) is 0 Å². The summed E-state index contributed by atoms with van der Waals surface area (Å²) >= 11 is 1.22. The third-order valence-corrected chi connectivity index (χ3v) is 6.90. The molecule has 0 saturated carbocycles. The Kier molecular flexibility index (Phi) is 5.21. The number of nitrogens with zero attached hydrogens (tertiary/aromatic N) is 2. The summed E-state index contributed by atoms with van der Waals surface area (Å²) in [4.78, 5) is 33.3. The first-order valence-corrected chi connectivity index (χ1v) is 11.2. The van der Waals surface area contributed by atoms with Gasteiger partial charge in [-0.05, 0) is 32.0 Å². The number of anilines is 1. The van der Waals surface area contributed by atoms with Gasteiger partial charge in [0.1, 0.15) is 11.9 Å². The molecular weight excluding hydrogens is 459 g/mol. The van der Waals surface area contributed by atoms with E-state index in [0.717, 1.165) is 9.78 Å². The van der Waals surface area contributed by atoms with Crippen LogP contribution in [0.15, 0.2) is 64.3 Å². The number of fused-ring (bicyclic) bond motifs is 1. The van der Waals surface area contributed by atoms with Gasteiger partial charge in [0.05, 0.1) is 18.4 Å². The Bertz CT molecular complexity index is 1480. The molecule has 2 aromatic heterocycles. The smallest absolute Gasteiger partial charge is 0.296 e. The zero-order chi connectivity index (χ0) is 24.1. The van der Waals surface area contributed by atoms with Gasteiger partial charge in [0.15, 0.2) is 28.0 Å². The van der Waals surface area contributed by atoms with Crippen molar-refractivity contribution in [2.45, 2.75) is 19.9 Å². The molecule has 1 atom stereocenters. The fourth-order valence-corrected chi connectivity index (χ4v) is 4.96. The van der Waals surface area contributed by atoms with Crippen LogP contribution < -0.4 is 9.64 Å². The average molecular weight is 479 g/mol. The Balaban J connectivity index is 1.69. The van der Waals surface area contributed by atoms with E-state index in [1.54, 1.807) is 31.2 Å². The monoisotopic (exact) mass is 478 g/mol. The van der Waals surface area contributed by atoms with Gasteiger partial charge < -0.3 is 14.3 Å². The highest BCUT2D eigenvalue weighted by molar-refractivity contribution is 7.15. The predicted molar refractivity (Wildman–Crippen MR) is 125 cm³/mol. The molecule has 34 heavy (non-hydrogen) atoms. The lowest BCUT2D eigenvalue weighted by Crippen LogP contribution is -2.31. The molecule has 5 rings (SSSR count). The number of aliphatic hydroxyl groups is 1. The van der Waals surface area contributed by atoms with Crippen LogP contribution in [0.4, 0.5) is 9.52 Å². The molecule has 0 fully saturated rings. The molecule has 3 heterocycles. The molecule has 7 nitrogen and oxygen atoms in total. The first-order valence-electron chi connectivity index (χ1n) is 10.4. The van der Waals surface area contributed by atoms with Gasteiger partial charge in [-0.25, -0.2) is 9.37 Å². The number of aromatic nitrogens is 1. The fourth-order valence-electron chi connectivity index (χ4n) is 4.03. The van der Waals surface area contributed by atoms with Crippen LogP contribution in [0.3, 0.4) is 0 Å². The summed E-state index contributed by atoms with van der Waals surface area (Å²) in [5.41, 5.74) is 0.827. The van der Waals surface area contributed by atoms with Crippen molar-refractivity contribution in [2.24, 2.45) is 0 Å². The van der Waals surface area contributed by atoms with Crippen LogP contribution in [-0.2, 0) is 4.79 Å². The molecule has 1 aliphatic heterocycles. The van der Waals surface area contributed by atoms with Crippen molar-refractivity contribution in [1.82, 2.24) is 4.98 Å². The molecule has 1 unspecified atom stereocenters. The summed E-state index contributed by atoms with van der Waals surface area (Å²) in [6.07, 6.45) is 0. The number of benzene rings is 2. The molecule has 1 N–H and O–H groups in total. The molecule has 0 spiro atoms. The van der Waals surface area contributed by atoms with Crippen molar-refractivity contribution in [1.29, 1.82) is 0 Å². The minimum Gasteiger partial charge on any atom is -0.503 e. The number of hydrogen-bond donors (Lipinski definition) is 1. The van der Waals surface area contributed by atoms with E-state index in [4.69, 9.17) is 9.15 Å². The number of ether oxygens (including phenoxy) is 1. The molecular formula is C25H19FN2O5S. The highest BCUT2D eigenvalue weighted by atomic mass is 32.1. The molecule has 9 heteroatoms. The summed E-state index contributed by atoms with van der Waals surface area (Å²) in [6.45, 7) is 3.63. The van der Waals surface area contributed by atoms with Crippen molar-refractivity contribution in [3.8, 4) is 5.75 Å². The molecule has 1 aliphatic rings. The van der Waals surface area contributed by atoms with Gasteiger partial charge in [0.25, 0.3) is 5.91 Å². The summed E-state index contributed by atoms with van der Waals surface area (Å²) < 4.78 is 26.0. The Morgan fingerprint density at radius 3 is 2.65 bits per heavy atom. The van der Waals surface area contributed by atoms with Crippen LogP contribution in [0.1, 0.15) is 32.7 Å². The van der Waals surface area contributed by atoms with Crippen LogP contribution >= 0.6 is 11.3 Å². The van der Waals surface area contributed by atoms with Gasteiger partial charge >= 0.3 is 0 Å². The second-order valence-corrected chi connectivity index (χ2v) is 9.00. The van der Waals surface area contributed by atoms with Gasteiger partial charge in [-0.15, -0.1) is 11.3 Å². The third kappa shape index (κ3) is 3.28. The van der Waals surface area contributed by atoms with Gasteiger partial charge in [-0.3, -0.25) is 14.5 Å². The van der Waals surface area contributed by atoms with E-state index in [1.165, 1.54) is 42.7 Å². The Morgan fingerprint density at radius 2 is 1.97 bits per heavy atom. The lowest BCUT2D eigenvalue weighted by Gasteiger charge is -2.24. The summed E-state index contributed by atoms with van der Waals surface area (Å²) in [7, 11) is 1.48. The molecule has 0 bridgehead atoms. The van der Waals surface area contributed by atoms with Crippen LogP contribution in [0, 0.1) is 19.7 Å². The molecule has 1 amide bonds. The van der Waals surface area contributed by atoms with Crippen LogP contribution in [0.25, 0.3) is 11.0 Å². The van der Waals surface area contributed by atoms with Gasteiger partial charge in [0, 0.05) is 15.8 Å². The number of amides is 1. The molecule has 4 aromatic rings. The van der Waals surface area contributed by atoms with Crippen molar-refractivity contribution in [3.63, 3.8) is 0 Å². The molecule has 0 saturated heterocycles. The number of ketones is 1. The standard InChI is InChI=1S/C25H19FN2O5S/c1-12-13(2)34-25(27-12)28-20(15-8-4-5-9-16(15)26)19(22(30)24(28)31)21(29)18-11-14-7-6-10-17(32-3)23(14)33-18/h4-11,20,30H,1-3H3. The fraction of sp³-hybridized carbons (Fsp3) is 0.160. The lowest BCUT2D eigenvalue weighted by molar-refractivity contribution is -0.117. The zero-order valence-electron chi connectivity index (χ0n) is 18.5. The van der Waals surface area contributed by atoms with E-state index in [1.807, 2.05) is 6.92 Å². The number of halogens is 1. The molecule has 0 aliphatic carbocycles. The second-order valence-electron chi connectivity index (χ2n) is 7.82. The molecule has 172 valence electrons. The second kappa shape index (κ2) is 8.11. The Morgan fingerprint density at radius 1 is 1.21 bits per heavy atom. The van der Waals surface area contributed by atoms with E-state index in [-0.39, 0.29) is 22.0 Å². The SMILES string of the molecule is COc1cccc2cc(C(=O)C3=C(O)C(=O)N(c4nc(C)c(C)s4)C3c3ccccc3F)oc12. The minimum absolute atomic E-state index is 0.0578. The number of carbonyl (C=O) groups excluding carboxylic acids is 2. The van der Waals surface area contributed by atoms with Crippen molar-refractivity contribution in [3.05, 3.63) is 87.6 Å². The van der Waals surface area contributed by atoms with E-state index in [9.17, 15) is 19.1 Å².